The summed E-state index contributed by atoms with van der Waals surface area (Å²) in [5, 5.41) is 28.4. The number of hydrogen-bond donors (Lipinski definition) is 3. The number of aliphatic hydroxyl groups excluding tert-OH is 3. The summed E-state index contributed by atoms with van der Waals surface area (Å²) < 4.78 is 5.18. The van der Waals surface area contributed by atoms with Crippen molar-refractivity contribution in [2.45, 2.75) is 281 Å². The van der Waals surface area contributed by atoms with Crippen LogP contribution >= 0.6 is 0 Å². The second-order valence-electron chi connectivity index (χ2n) is 22.9. The summed E-state index contributed by atoms with van der Waals surface area (Å²) in [6.45, 7) is 27.3. The van der Waals surface area contributed by atoms with Crippen molar-refractivity contribution >= 4 is 17.5 Å². The molecule has 7 heteroatoms. The molecule has 0 aromatic heterocycles. The summed E-state index contributed by atoms with van der Waals surface area (Å²) >= 11 is 0. The van der Waals surface area contributed by atoms with Crippen LogP contribution in [0.25, 0.3) is 0 Å². The van der Waals surface area contributed by atoms with E-state index < -0.39 is 0 Å². The van der Waals surface area contributed by atoms with E-state index in [1.54, 1.807) is 6.08 Å². The number of ether oxygens (including phenoxy) is 1. The lowest BCUT2D eigenvalue weighted by Crippen LogP contribution is -2.22. The second kappa shape index (κ2) is 38.7. The minimum absolute atomic E-state index is 0.0243. The first-order chi connectivity index (χ1) is 33.7. The van der Waals surface area contributed by atoms with Crippen molar-refractivity contribution in [2.24, 2.45) is 35.5 Å². The second-order valence-corrected chi connectivity index (χ2v) is 22.9. The van der Waals surface area contributed by atoms with Crippen molar-refractivity contribution in [3.05, 3.63) is 69.9 Å². The van der Waals surface area contributed by atoms with E-state index in [1.165, 1.54) is 143 Å². The van der Waals surface area contributed by atoms with Crippen LogP contribution in [0.2, 0.25) is 0 Å². The fourth-order valence-electron chi connectivity index (χ4n) is 11.5. The molecule has 0 aromatic rings. The summed E-state index contributed by atoms with van der Waals surface area (Å²) in [5.41, 5.74) is 7.98. The maximum atomic E-state index is 11.2. The van der Waals surface area contributed by atoms with Crippen LogP contribution in [0.1, 0.15) is 257 Å². The quantitative estimate of drug-likeness (QED) is 0.0849. The molecule has 6 aliphatic rings. The number of carbonyl (C=O) groups is 3. The maximum absolute atomic E-state index is 11.2. The van der Waals surface area contributed by atoms with E-state index in [1.807, 2.05) is 31.2 Å². The molecule has 0 amide bonds. The molecule has 0 saturated heterocycles. The number of carbonyl (C=O) groups excluding carboxylic acids is 3. The van der Waals surface area contributed by atoms with Crippen molar-refractivity contribution in [1.82, 2.24) is 0 Å². The third kappa shape index (κ3) is 32.8. The van der Waals surface area contributed by atoms with Gasteiger partial charge in [-0.15, -0.1) is 0 Å². The predicted molar refractivity (Wildman–Crippen MR) is 301 cm³/mol. The lowest BCUT2D eigenvalue weighted by molar-refractivity contribution is -0.145. The lowest BCUT2D eigenvalue weighted by atomic mass is 9.84. The van der Waals surface area contributed by atoms with Crippen LogP contribution in [-0.2, 0) is 19.1 Å². The molecule has 0 aliphatic heterocycles. The first-order valence-corrected chi connectivity index (χ1v) is 29.0. The number of esters is 1. The first kappa shape index (κ1) is 66.1. The molecule has 0 radical (unpaired) electrons. The van der Waals surface area contributed by atoms with E-state index >= 15 is 0 Å². The molecule has 0 fully saturated rings. The fraction of sp³-hybridized carbons (Fsp3) is 0.766. The summed E-state index contributed by atoms with van der Waals surface area (Å²) in [5.74, 6) is 4.63. The minimum atomic E-state index is -0.175. The average molecular weight is 992 g/mol. The molecule has 10 atom stereocenters. The smallest absolute Gasteiger partial charge is 0.303 e. The molecule has 6 rings (SSSR count). The van der Waals surface area contributed by atoms with Crippen LogP contribution in [0.3, 0.4) is 0 Å². The van der Waals surface area contributed by atoms with Crippen LogP contribution < -0.4 is 0 Å². The van der Waals surface area contributed by atoms with Crippen molar-refractivity contribution < 1.29 is 34.4 Å². The summed E-state index contributed by atoms with van der Waals surface area (Å²) in [6, 6.07) is 0. The Morgan fingerprint density at radius 1 is 0.437 bits per heavy atom. The Labute approximate surface area is 437 Å². The van der Waals surface area contributed by atoms with Crippen molar-refractivity contribution in [3.63, 3.8) is 0 Å². The zero-order valence-corrected chi connectivity index (χ0v) is 48.1. The highest BCUT2D eigenvalue weighted by molar-refractivity contribution is 5.91. The molecule has 10 unspecified atom stereocenters. The van der Waals surface area contributed by atoms with Gasteiger partial charge in [-0.2, -0.15) is 0 Å². The van der Waals surface area contributed by atoms with Crippen molar-refractivity contribution in [2.75, 3.05) is 0 Å². The Hall–Kier alpha value is -2.87. The van der Waals surface area contributed by atoms with Gasteiger partial charge in [0.2, 0.25) is 0 Å². The van der Waals surface area contributed by atoms with Crippen LogP contribution in [0.4, 0.5) is 0 Å². The lowest BCUT2D eigenvalue weighted by Gasteiger charge is -2.26. The molecule has 0 aromatic carbocycles. The Bertz CT molecular complexity index is 1690. The predicted octanol–water partition coefficient (Wildman–Crippen LogP) is 16.8. The SMILES string of the molecule is CCC1CC(=O)C=C(C)C1.CCC1CC(C)=CC(O)C1.CCC1CC(C)=CC(OC(C)=O)C1.CCCCC1CC(=O)C=C(C)C1.CCCCC1CC(C)=CC(O)C1.CCCCCCC1CC(C)=CC(O)C1. The molecule has 71 heavy (non-hydrogen) atoms. The van der Waals surface area contributed by atoms with Gasteiger partial charge in [0.25, 0.3) is 0 Å². The normalized spacial score (nSPS) is 28.2. The summed E-state index contributed by atoms with van der Waals surface area (Å²) in [7, 11) is 0. The van der Waals surface area contributed by atoms with Gasteiger partial charge < -0.3 is 20.1 Å². The van der Waals surface area contributed by atoms with Gasteiger partial charge >= 0.3 is 5.97 Å². The number of allylic oxidation sites excluding steroid dienone is 8. The van der Waals surface area contributed by atoms with Crippen LogP contribution in [0, 0.1) is 35.5 Å². The highest BCUT2D eigenvalue weighted by atomic mass is 16.5. The maximum Gasteiger partial charge on any atom is 0.303 e. The van der Waals surface area contributed by atoms with Gasteiger partial charge in [-0.25, -0.2) is 0 Å². The third-order valence-electron chi connectivity index (χ3n) is 15.1. The monoisotopic (exact) mass is 991 g/mol. The Balaban J connectivity index is 0.000000428. The molecular formula is C64H110O7. The van der Waals surface area contributed by atoms with Crippen molar-refractivity contribution in [3.8, 4) is 0 Å². The van der Waals surface area contributed by atoms with Crippen LogP contribution in [-0.4, -0.2) is 57.3 Å². The fourth-order valence-corrected chi connectivity index (χ4v) is 11.5. The molecule has 3 N–H and O–H groups in total. The van der Waals surface area contributed by atoms with Crippen LogP contribution in [0.15, 0.2) is 69.9 Å². The van der Waals surface area contributed by atoms with E-state index in [0.717, 1.165) is 82.0 Å². The summed E-state index contributed by atoms with van der Waals surface area (Å²) in [6.07, 6.45) is 41.5. The molecule has 0 saturated carbocycles. The first-order valence-electron chi connectivity index (χ1n) is 29.0. The van der Waals surface area contributed by atoms with E-state index in [9.17, 15) is 29.7 Å². The molecule has 7 nitrogen and oxygen atoms in total. The summed E-state index contributed by atoms with van der Waals surface area (Å²) in [4.78, 5) is 32.9. The number of unbranched alkanes of at least 4 members (excludes halogenated alkanes) is 5. The van der Waals surface area contributed by atoms with Gasteiger partial charge in [0, 0.05) is 19.8 Å². The van der Waals surface area contributed by atoms with E-state index in [4.69, 9.17) is 4.74 Å². The number of ketones is 2. The van der Waals surface area contributed by atoms with Gasteiger partial charge in [0.15, 0.2) is 11.6 Å². The number of hydrogen-bond acceptors (Lipinski definition) is 7. The highest BCUT2D eigenvalue weighted by Gasteiger charge is 2.23. The standard InChI is InChI=1S/C13H24O.C11H18O2.C11H20O.C11H18O.C9H16O.C9H14O/c1-3-4-5-6-7-12-8-11(2)9-13(14)10-12;1-4-10-5-8(2)6-11(7-10)13-9(3)12;2*1-3-4-5-10-6-9(2)7-11(12)8-10;2*1-3-8-4-7(2)5-9(10)6-8/h9,12-14H,3-8,10H2,1-2H3;6,10-11H,4-5,7H2,1-3H3;7,10-12H,3-6,8H2,1-2H3;7,10H,3-6,8H2,1-2H3;5,8-10H,3-4,6H2,1-2H3;5,8H,3-4,6H2,1-2H3. The molecule has 0 spiro atoms. The Kier molecular flexibility index (Phi) is 36.0. The minimum Gasteiger partial charge on any atom is -0.458 e. The van der Waals surface area contributed by atoms with E-state index in [2.05, 4.69) is 82.2 Å². The molecular weight excluding hydrogens is 881 g/mol. The third-order valence-corrected chi connectivity index (χ3v) is 15.1. The Morgan fingerprint density at radius 3 is 1.20 bits per heavy atom. The van der Waals surface area contributed by atoms with Crippen molar-refractivity contribution in [1.29, 1.82) is 0 Å². The Morgan fingerprint density at radius 2 is 0.789 bits per heavy atom. The molecule has 0 heterocycles. The van der Waals surface area contributed by atoms with Gasteiger partial charge in [-0.3, -0.25) is 14.4 Å². The van der Waals surface area contributed by atoms with E-state index in [-0.39, 0.29) is 30.4 Å². The zero-order chi connectivity index (χ0) is 53.3. The molecule has 408 valence electrons. The van der Waals surface area contributed by atoms with E-state index in [0.29, 0.717) is 29.3 Å². The average Bonchev–Trinajstić information content (AvgIpc) is 3.28. The largest absolute Gasteiger partial charge is 0.458 e. The number of aliphatic hydroxyl groups is 3. The van der Waals surface area contributed by atoms with Gasteiger partial charge in [0.1, 0.15) is 6.10 Å². The topological polar surface area (TPSA) is 121 Å². The highest BCUT2D eigenvalue weighted by Crippen LogP contribution is 2.31. The van der Waals surface area contributed by atoms with Gasteiger partial charge in [-0.1, -0.05) is 177 Å². The van der Waals surface area contributed by atoms with Gasteiger partial charge in [0.05, 0.1) is 18.3 Å². The zero-order valence-electron chi connectivity index (χ0n) is 48.1. The number of rotatable bonds is 15. The van der Waals surface area contributed by atoms with Crippen LogP contribution in [0.5, 0.6) is 0 Å². The molecule has 6 aliphatic carbocycles. The van der Waals surface area contributed by atoms with Gasteiger partial charge in [-0.05, 0) is 166 Å². The molecule has 0 bridgehead atoms.